The fraction of sp³-hybridized carbons (Fsp3) is 0.143. The van der Waals surface area contributed by atoms with Crippen molar-refractivity contribution in [1.82, 2.24) is 0 Å². The summed E-state index contributed by atoms with van der Waals surface area (Å²) in [7, 11) is -2.11. The minimum Gasteiger partial charge on any atom is -0.361 e. The molecular weight excluding hydrogens is 292 g/mol. The van der Waals surface area contributed by atoms with E-state index in [0.717, 1.165) is 15.4 Å². The predicted molar refractivity (Wildman–Crippen MR) is 81.5 cm³/mol. The van der Waals surface area contributed by atoms with Gasteiger partial charge in [-0.3, -0.25) is 0 Å². The van der Waals surface area contributed by atoms with E-state index < -0.39 is 10.3 Å². The maximum Gasteiger partial charge on any atom is 0.295 e. The van der Waals surface area contributed by atoms with Gasteiger partial charge in [-0.05, 0) is 23.8 Å². The Labute approximate surface area is 123 Å². The topological polar surface area (TPSA) is 70.5 Å². The highest BCUT2D eigenvalue weighted by Crippen LogP contribution is 2.29. The van der Waals surface area contributed by atoms with Gasteiger partial charge in [0.2, 0.25) is 10.3 Å². The molecule has 2 rings (SSSR count). The Morgan fingerprint density at radius 3 is 2.55 bits per heavy atom. The molecule has 0 fully saturated rings. The maximum absolute atomic E-state index is 10.5. The van der Waals surface area contributed by atoms with Crippen molar-refractivity contribution < 1.29 is 13.2 Å². The highest BCUT2D eigenvalue weighted by atomic mass is 32.2. The lowest BCUT2D eigenvalue weighted by Crippen LogP contribution is -1.97. The quantitative estimate of drug-likeness (QED) is 0.487. The summed E-state index contributed by atoms with van der Waals surface area (Å²) < 4.78 is 20.9. The SMILES string of the molecule is [N-]=[N+]=C1C=CC(Sc2ccc(CC=S(=O)=O)cc2)=CC1. The number of nitrogens with zero attached hydrogens (tertiary/aromatic N) is 2. The van der Waals surface area contributed by atoms with Gasteiger partial charge in [0.05, 0.1) is 6.42 Å². The number of hydrogen-bond donors (Lipinski definition) is 0. The van der Waals surface area contributed by atoms with Crippen molar-refractivity contribution in [1.29, 1.82) is 0 Å². The van der Waals surface area contributed by atoms with Gasteiger partial charge in [0, 0.05) is 27.7 Å². The van der Waals surface area contributed by atoms with E-state index in [1.165, 1.54) is 5.37 Å². The standard InChI is InChI=1S/C14H12N2O2S2/c15-16-12-3-7-14(8-4-12)19-13-5-1-11(2-6-13)9-10-20(17)18/h1-3,5-8,10H,4,9H2. The molecule has 0 spiro atoms. The molecule has 0 saturated heterocycles. The van der Waals surface area contributed by atoms with Gasteiger partial charge in [-0.15, -0.1) is 0 Å². The van der Waals surface area contributed by atoms with Gasteiger partial charge >= 0.3 is 0 Å². The summed E-state index contributed by atoms with van der Waals surface area (Å²) in [6, 6.07) is 7.76. The van der Waals surface area contributed by atoms with Gasteiger partial charge in [0.15, 0.2) is 0 Å². The lowest BCUT2D eigenvalue weighted by Gasteiger charge is -2.05. The van der Waals surface area contributed by atoms with Crippen LogP contribution in [0.2, 0.25) is 0 Å². The third-order valence-corrected chi connectivity index (χ3v) is 4.18. The molecule has 1 aliphatic carbocycles. The number of benzene rings is 1. The molecule has 20 heavy (non-hydrogen) atoms. The smallest absolute Gasteiger partial charge is 0.295 e. The van der Waals surface area contributed by atoms with Crippen LogP contribution in [-0.2, 0) is 16.7 Å². The van der Waals surface area contributed by atoms with Crippen LogP contribution in [-0.4, -0.2) is 24.3 Å². The monoisotopic (exact) mass is 304 g/mol. The summed E-state index contributed by atoms with van der Waals surface area (Å²) in [6.07, 6.45) is 6.74. The fourth-order valence-corrected chi connectivity index (χ4v) is 2.84. The van der Waals surface area contributed by atoms with Crippen LogP contribution in [0, 0.1) is 0 Å². The Kier molecular flexibility index (Phi) is 5.12. The van der Waals surface area contributed by atoms with E-state index in [4.69, 9.17) is 5.53 Å². The molecule has 0 bridgehead atoms. The zero-order valence-corrected chi connectivity index (χ0v) is 12.2. The third-order valence-electron chi connectivity index (χ3n) is 2.69. The minimum atomic E-state index is -2.11. The number of hydrogen-bond acceptors (Lipinski definition) is 3. The Morgan fingerprint density at radius 2 is 2.00 bits per heavy atom. The summed E-state index contributed by atoms with van der Waals surface area (Å²) >= 11 is 1.62. The Morgan fingerprint density at radius 1 is 1.25 bits per heavy atom. The predicted octanol–water partition coefficient (Wildman–Crippen LogP) is 2.52. The Balaban J connectivity index is 2.01. The molecule has 0 aromatic heterocycles. The lowest BCUT2D eigenvalue weighted by atomic mass is 10.2. The van der Waals surface area contributed by atoms with E-state index in [1.807, 2.05) is 36.4 Å². The molecule has 1 aromatic rings. The lowest BCUT2D eigenvalue weighted by molar-refractivity contribution is -0.00538. The average Bonchev–Trinajstić information content (AvgIpc) is 2.47. The van der Waals surface area contributed by atoms with Gasteiger partial charge in [0.1, 0.15) is 0 Å². The van der Waals surface area contributed by atoms with Crippen molar-refractivity contribution in [2.24, 2.45) is 0 Å². The van der Waals surface area contributed by atoms with Gasteiger partial charge in [0.25, 0.3) is 5.71 Å². The highest BCUT2D eigenvalue weighted by Gasteiger charge is 2.08. The number of thioether (sulfide) groups is 1. The zero-order valence-electron chi connectivity index (χ0n) is 10.6. The van der Waals surface area contributed by atoms with E-state index >= 15 is 0 Å². The molecule has 0 N–H and O–H groups in total. The first-order valence-electron chi connectivity index (χ1n) is 5.95. The van der Waals surface area contributed by atoms with Crippen molar-refractivity contribution in [2.75, 3.05) is 0 Å². The molecule has 0 atom stereocenters. The molecule has 0 amide bonds. The summed E-state index contributed by atoms with van der Waals surface area (Å²) in [6.45, 7) is 0. The first-order chi connectivity index (χ1) is 9.67. The van der Waals surface area contributed by atoms with Crippen molar-refractivity contribution in [3.8, 4) is 0 Å². The average molecular weight is 304 g/mol. The van der Waals surface area contributed by atoms with Crippen LogP contribution in [0.5, 0.6) is 0 Å². The van der Waals surface area contributed by atoms with Crippen LogP contribution in [0.4, 0.5) is 0 Å². The van der Waals surface area contributed by atoms with E-state index in [2.05, 4.69) is 4.79 Å². The minimum absolute atomic E-state index is 0.417. The normalized spacial score (nSPS) is 13.6. The number of allylic oxidation sites excluding steroid dienone is 3. The maximum atomic E-state index is 10.5. The van der Waals surface area contributed by atoms with E-state index in [9.17, 15) is 8.42 Å². The molecule has 6 heteroatoms. The van der Waals surface area contributed by atoms with Gasteiger partial charge in [-0.2, -0.15) is 13.2 Å². The van der Waals surface area contributed by atoms with Gasteiger partial charge in [-0.25, -0.2) is 0 Å². The Bertz CT molecular complexity index is 730. The van der Waals surface area contributed by atoms with Crippen LogP contribution >= 0.6 is 11.8 Å². The first-order valence-corrected chi connectivity index (χ1v) is 7.90. The van der Waals surface area contributed by atoms with Crippen LogP contribution in [0.3, 0.4) is 0 Å². The van der Waals surface area contributed by atoms with Crippen molar-refractivity contribution in [3.63, 3.8) is 0 Å². The molecule has 0 radical (unpaired) electrons. The zero-order chi connectivity index (χ0) is 14.4. The fourth-order valence-electron chi connectivity index (χ4n) is 1.66. The molecule has 0 unspecified atom stereocenters. The van der Waals surface area contributed by atoms with Crippen LogP contribution < -0.4 is 0 Å². The van der Waals surface area contributed by atoms with E-state index in [0.29, 0.717) is 18.6 Å². The van der Waals surface area contributed by atoms with E-state index in [1.54, 1.807) is 17.8 Å². The summed E-state index contributed by atoms with van der Waals surface area (Å²) in [5.41, 5.74) is 10.2. The third kappa shape index (κ3) is 4.35. The van der Waals surface area contributed by atoms with Crippen molar-refractivity contribution >= 4 is 33.1 Å². The van der Waals surface area contributed by atoms with Gasteiger partial charge in [-0.1, -0.05) is 30.0 Å². The summed E-state index contributed by atoms with van der Waals surface area (Å²) in [4.78, 5) is 5.33. The van der Waals surface area contributed by atoms with Crippen LogP contribution in [0.15, 0.2) is 52.3 Å². The largest absolute Gasteiger partial charge is 0.361 e. The second-order valence-electron chi connectivity index (χ2n) is 4.11. The van der Waals surface area contributed by atoms with Crippen LogP contribution in [0.1, 0.15) is 12.0 Å². The first kappa shape index (κ1) is 14.5. The molecular formula is C14H12N2O2S2. The molecule has 1 aromatic carbocycles. The molecule has 1 aliphatic rings. The molecule has 102 valence electrons. The molecule has 0 heterocycles. The number of rotatable bonds is 4. The Hall–Kier alpha value is -1.88. The summed E-state index contributed by atoms with van der Waals surface area (Å²) in [5, 5.41) is 1.24. The van der Waals surface area contributed by atoms with Crippen molar-refractivity contribution in [2.45, 2.75) is 17.7 Å². The second-order valence-corrected chi connectivity index (χ2v) is 6.11. The van der Waals surface area contributed by atoms with E-state index in [-0.39, 0.29) is 0 Å². The molecule has 4 nitrogen and oxygen atoms in total. The summed E-state index contributed by atoms with van der Waals surface area (Å²) in [5.74, 6) is 0. The molecule has 0 saturated carbocycles. The molecule has 0 aliphatic heterocycles. The second kappa shape index (κ2) is 7.05. The van der Waals surface area contributed by atoms with Gasteiger partial charge < -0.3 is 5.53 Å². The van der Waals surface area contributed by atoms with Crippen molar-refractivity contribution in [3.05, 3.63) is 58.5 Å². The highest BCUT2D eigenvalue weighted by molar-refractivity contribution is 8.03. The van der Waals surface area contributed by atoms with Crippen LogP contribution in [0.25, 0.3) is 5.53 Å².